The van der Waals surface area contributed by atoms with Crippen molar-refractivity contribution in [3.05, 3.63) is 59.1 Å². The molecule has 2 aromatic carbocycles. The van der Waals surface area contributed by atoms with Crippen molar-refractivity contribution in [2.75, 3.05) is 13.1 Å². The first-order valence-corrected chi connectivity index (χ1v) is 9.72. The number of rotatable bonds is 5. The number of halogens is 1. The van der Waals surface area contributed by atoms with Gasteiger partial charge in [0.05, 0.1) is 4.90 Å². The Morgan fingerprint density at radius 3 is 2.44 bits per heavy atom. The van der Waals surface area contributed by atoms with E-state index in [1.165, 1.54) is 28.6 Å². The number of carbonyl (C=O) groups excluding carboxylic acids is 1. The van der Waals surface area contributed by atoms with Crippen LogP contribution in [0.15, 0.2) is 53.4 Å². The molecule has 1 fully saturated rings. The summed E-state index contributed by atoms with van der Waals surface area (Å²) in [7, 11) is -3.68. The third-order valence-corrected chi connectivity index (χ3v) is 6.69. The van der Waals surface area contributed by atoms with Crippen molar-refractivity contribution >= 4 is 27.9 Å². The number of phenols is 1. The van der Waals surface area contributed by atoms with Gasteiger partial charge < -0.3 is 9.90 Å². The predicted octanol–water partition coefficient (Wildman–Crippen LogP) is 3.04. The fraction of sp³-hybridized carbons (Fsp3) is 0.278. The molecule has 0 bridgehead atoms. The normalized spacial score (nSPS) is 21.3. The van der Waals surface area contributed by atoms with E-state index in [4.69, 9.17) is 11.6 Å². The minimum atomic E-state index is -3.68. The van der Waals surface area contributed by atoms with Gasteiger partial charge in [-0.1, -0.05) is 29.8 Å². The Morgan fingerprint density at radius 1 is 1.12 bits per heavy atom. The van der Waals surface area contributed by atoms with Crippen molar-refractivity contribution in [2.24, 2.45) is 5.92 Å². The molecular formula is C18H18ClNO4S. The fourth-order valence-electron chi connectivity index (χ4n) is 3.30. The van der Waals surface area contributed by atoms with E-state index in [1.54, 1.807) is 24.3 Å². The van der Waals surface area contributed by atoms with Gasteiger partial charge >= 0.3 is 0 Å². The zero-order chi connectivity index (χ0) is 18.0. The average molecular weight is 380 g/mol. The number of hydrogen-bond acceptors (Lipinski definition) is 4. The number of phenolic OH excluding ortho intramolecular Hbond substituents is 1. The Morgan fingerprint density at radius 2 is 1.80 bits per heavy atom. The number of aromatic hydroxyl groups is 1. The van der Waals surface area contributed by atoms with Crippen molar-refractivity contribution in [3.8, 4) is 5.75 Å². The van der Waals surface area contributed by atoms with Crippen LogP contribution in [0.3, 0.4) is 0 Å². The summed E-state index contributed by atoms with van der Waals surface area (Å²) in [5.41, 5.74) is 0.670. The fourth-order valence-corrected chi connectivity index (χ4v) is 4.95. The molecule has 1 heterocycles. The van der Waals surface area contributed by atoms with Gasteiger partial charge in [-0.2, -0.15) is 4.31 Å². The van der Waals surface area contributed by atoms with Crippen molar-refractivity contribution < 1.29 is 18.3 Å². The lowest BCUT2D eigenvalue weighted by Crippen LogP contribution is -2.29. The molecule has 2 atom stereocenters. The number of hydrogen-bond donors (Lipinski definition) is 1. The van der Waals surface area contributed by atoms with E-state index in [0.717, 1.165) is 6.29 Å². The first-order chi connectivity index (χ1) is 11.9. The molecule has 1 aliphatic rings. The number of para-hydroxylation sites is 1. The van der Waals surface area contributed by atoms with E-state index in [-0.39, 0.29) is 42.0 Å². The van der Waals surface area contributed by atoms with E-state index in [0.29, 0.717) is 10.6 Å². The summed E-state index contributed by atoms with van der Waals surface area (Å²) in [6, 6.07) is 12.9. The highest BCUT2D eigenvalue weighted by Crippen LogP contribution is 2.40. The summed E-state index contributed by atoms with van der Waals surface area (Å²) in [5.74, 6) is -0.282. The van der Waals surface area contributed by atoms with Crippen LogP contribution < -0.4 is 0 Å². The van der Waals surface area contributed by atoms with Crippen molar-refractivity contribution in [1.29, 1.82) is 0 Å². The second-order valence-corrected chi connectivity index (χ2v) is 8.48. The zero-order valence-electron chi connectivity index (χ0n) is 13.4. The SMILES string of the molecule is O=CC[C@@H]1CN(S(=O)(=O)c2ccc(Cl)cc2)C[C@@H]1c1ccccc1O. The lowest BCUT2D eigenvalue weighted by atomic mass is 9.87. The summed E-state index contributed by atoms with van der Waals surface area (Å²) in [6.07, 6.45) is 1.04. The minimum Gasteiger partial charge on any atom is -0.508 e. The molecule has 1 saturated heterocycles. The van der Waals surface area contributed by atoms with Crippen LogP contribution in [0.1, 0.15) is 17.9 Å². The van der Waals surface area contributed by atoms with Crippen molar-refractivity contribution in [3.63, 3.8) is 0 Å². The third kappa shape index (κ3) is 3.56. The second kappa shape index (κ2) is 7.15. The molecular weight excluding hydrogens is 362 g/mol. The van der Waals surface area contributed by atoms with Gasteiger partial charge in [0.25, 0.3) is 0 Å². The Hall–Kier alpha value is -1.89. The number of nitrogens with zero attached hydrogens (tertiary/aromatic N) is 1. The van der Waals surface area contributed by atoms with Gasteiger partial charge in [-0.25, -0.2) is 8.42 Å². The molecule has 0 saturated carbocycles. The number of sulfonamides is 1. The summed E-state index contributed by atoms with van der Waals surface area (Å²) in [4.78, 5) is 11.2. The van der Waals surface area contributed by atoms with Crippen molar-refractivity contribution in [2.45, 2.75) is 17.2 Å². The lowest BCUT2D eigenvalue weighted by Gasteiger charge is -2.18. The molecule has 0 aromatic heterocycles. The van der Waals surface area contributed by atoms with Crippen LogP contribution in [0.25, 0.3) is 0 Å². The van der Waals surface area contributed by atoms with E-state index in [1.807, 2.05) is 0 Å². The molecule has 0 amide bonds. The standard InChI is InChI=1S/C18H18ClNO4S/c19-14-5-7-15(8-6-14)25(23,24)20-11-13(9-10-21)17(12-20)16-3-1-2-4-18(16)22/h1-8,10,13,17,22H,9,11-12H2/t13-,17+/m1/s1. The van der Waals surface area contributed by atoms with E-state index in [9.17, 15) is 18.3 Å². The zero-order valence-corrected chi connectivity index (χ0v) is 14.9. The van der Waals surface area contributed by atoms with Gasteiger partial charge in [0.2, 0.25) is 10.0 Å². The molecule has 3 rings (SSSR count). The Bertz CT molecular complexity index is 867. The maximum Gasteiger partial charge on any atom is 0.243 e. The summed E-state index contributed by atoms with van der Waals surface area (Å²) in [6.45, 7) is 0.462. The first kappa shape index (κ1) is 17.9. The van der Waals surface area contributed by atoms with Crippen LogP contribution >= 0.6 is 11.6 Å². The monoisotopic (exact) mass is 379 g/mol. The smallest absolute Gasteiger partial charge is 0.243 e. The summed E-state index contributed by atoms with van der Waals surface area (Å²) < 4.78 is 27.2. The maximum atomic E-state index is 12.9. The Labute approximate surface area is 151 Å². The topological polar surface area (TPSA) is 74.7 Å². The van der Waals surface area contributed by atoms with Gasteiger partial charge in [-0.05, 0) is 41.8 Å². The van der Waals surface area contributed by atoms with Crippen LogP contribution in [0, 0.1) is 5.92 Å². The molecule has 7 heteroatoms. The van der Waals surface area contributed by atoms with E-state index >= 15 is 0 Å². The molecule has 132 valence electrons. The molecule has 1 aliphatic heterocycles. The van der Waals surface area contributed by atoms with E-state index < -0.39 is 10.0 Å². The molecule has 0 aliphatic carbocycles. The third-order valence-electron chi connectivity index (χ3n) is 4.59. The number of carbonyl (C=O) groups is 1. The molecule has 2 aromatic rings. The predicted molar refractivity (Wildman–Crippen MR) is 95.2 cm³/mol. The largest absolute Gasteiger partial charge is 0.508 e. The molecule has 25 heavy (non-hydrogen) atoms. The molecule has 0 spiro atoms. The van der Waals surface area contributed by atoms with Crippen LogP contribution in [-0.4, -0.2) is 37.2 Å². The van der Waals surface area contributed by atoms with Crippen LogP contribution in [0.5, 0.6) is 5.75 Å². The van der Waals surface area contributed by atoms with E-state index in [2.05, 4.69) is 0 Å². The highest BCUT2D eigenvalue weighted by molar-refractivity contribution is 7.89. The molecule has 0 radical (unpaired) electrons. The first-order valence-electron chi connectivity index (χ1n) is 7.90. The van der Waals surface area contributed by atoms with Crippen molar-refractivity contribution in [1.82, 2.24) is 4.31 Å². The minimum absolute atomic E-state index is 0.120. The van der Waals surface area contributed by atoms with Crippen LogP contribution in [0.4, 0.5) is 0 Å². The number of benzene rings is 2. The van der Waals surface area contributed by atoms with Gasteiger partial charge in [-0.3, -0.25) is 0 Å². The summed E-state index contributed by atoms with van der Waals surface area (Å²) in [5, 5.41) is 10.6. The van der Waals surface area contributed by atoms with Gasteiger partial charge in [0.15, 0.2) is 0 Å². The highest BCUT2D eigenvalue weighted by Gasteiger charge is 2.40. The van der Waals surface area contributed by atoms with Gasteiger partial charge in [0, 0.05) is 30.5 Å². The quantitative estimate of drug-likeness (QED) is 0.810. The number of aldehydes is 1. The summed E-state index contributed by atoms with van der Waals surface area (Å²) >= 11 is 5.83. The van der Waals surface area contributed by atoms with Crippen LogP contribution in [-0.2, 0) is 14.8 Å². The molecule has 1 N–H and O–H groups in total. The van der Waals surface area contributed by atoms with Gasteiger partial charge in [0.1, 0.15) is 12.0 Å². The van der Waals surface area contributed by atoms with Gasteiger partial charge in [-0.15, -0.1) is 0 Å². The Kier molecular flexibility index (Phi) is 5.13. The highest BCUT2D eigenvalue weighted by atomic mass is 35.5. The second-order valence-electron chi connectivity index (χ2n) is 6.10. The maximum absolute atomic E-state index is 12.9. The molecule has 5 nitrogen and oxygen atoms in total. The van der Waals surface area contributed by atoms with Crippen LogP contribution in [0.2, 0.25) is 5.02 Å². The molecule has 0 unspecified atom stereocenters. The Balaban J connectivity index is 1.93. The lowest BCUT2D eigenvalue weighted by molar-refractivity contribution is -0.108. The average Bonchev–Trinajstić information content (AvgIpc) is 3.01.